The van der Waals surface area contributed by atoms with Crippen molar-refractivity contribution in [2.45, 2.75) is 43.9 Å². The monoisotopic (exact) mass is 216 g/mol. The molecule has 1 atom stereocenters. The quantitative estimate of drug-likeness (QED) is 0.517. The first-order valence-corrected chi connectivity index (χ1v) is 5.36. The maximum absolute atomic E-state index is 11.5. The van der Waals surface area contributed by atoms with Gasteiger partial charge in [-0.3, -0.25) is 4.79 Å². The average molecular weight is 216 g/mol. The molecule has 0 aromatic rings. The van der Waals surface area contributed by atoms with Crippen LogP contribution in [0.15, 0.2) is 0 Å². The topological polar surface area (TPSA) is 84.6 Å². The van der Waals surface area contributed by atoms with Crippen LogP contribution in [0, 0.1) is 0 Å². The van der Waals surface area contributed by atoms with Crippen molar-refractivity contribution in [3.05, 3.63) is 0 Å². The van der Waals surface area contributed by atoms with Crippen molar-refractivity contribution in [3.63, 3.8) is 0 Å². The molecule has 5 heteroatoms. The van der Waals surface area contributed by atoms with E-state index in [1.165, 1.54) is 0 Å². The van der Waals surface area contributed by atoms with Gasteiger partial charge in [-0.2, -0.15) is 0 Å². The molecule has 0 spiro atoms. The SMILES string of the molecule is COCCCC(N)C(=O)NC1CC(O)C1. The Morgan fingerprint density at radius 3 is 2.87 bits per heavy atom. The zero-order valence-corrected chi connectivity index (χ0v) is 9.11. The lowest BCUT2D eigenvalue weighted by molar-refractivity contribution is -0.124. The van der Waals surface area contributed by atoms with Crippen LogP contribution in [0.2, 0.25) is 0 Å². The molecule has 1 aliphatic rings. The minimum Gasteiger partial charge on any atom is -0.393 e. The zero-order valence-electron chi connectivity index (χ0n) is 9.11. The number of nitrogens with one attached hydrogen (secondary N) is 1. The van der Waals surface area contributed by atoms with Gasteiger partial charge in [-0.25, -0.2) is 0 Å². The van der Waals surface area contributed by atoms with Crippen LogP contribution < -0.4 is 11.1 Å². The smallest absolute Gasteiger partial charge is 0.237 e. The summed E-state index contributed by atoms with van der Waals surface area (Å²) in [7, 11) is 1.63. The molecular weight excluding hydrogens is 196 g/mol. The highest BCUT2D eigenvalue weighted by molar-refractivity contribution is 5.81. The summed E-state index contributed by atoms with van der Waals surface area (Å²) in [5.74, 6) is -0.122. The van der Waals surface area contributed by atoms with Crippen LogP contribution in [0.3, 0.4) is 0 Å². The number of hydrogen-bond donors (Lipinski definition) is 3. The number of aliphatic hydroxyl groups excluding tert-OH is 1. The van der Waals surface area contributed by atoms with Gasteiger partial charge < -0.3 is 20.9 Å². The molecule has 0 bridgehead atoms. The molecule has 1 unspecified atom stereocenters. The van der Waals surface area contributed by atoms with Gasteiger partial charge in [-0.1, -0.05) is 0 Å². The maximum Gasteiger partial charge on any atom is 0.237 e. The highest BCUT2D eigenvalue weighted by Crippen LogP contribution is 2.19. The lowest BCUT2D eigenvalue weighted by Gasteiger charge is -2.32. The Labute approximate surface area is 90.0 Å². The summed E-state index contributed by atoms with van der Waals surface area (Å²) in [5.41, 5.74) is 5.69. The summed E-state index contributed by atoms with van der Waals surface area (Å²) in [6, 6.07) is -0.348. The first-order valence-electron chi connectivity index (χ1n) is 5.36. The summed E-state index contributed by atoms with van der Waals surface area (Å²) in [4.78, 5) is 11.5. The number of amides is 1. The standard InChI is InChI=1S/C10H20N2O3/c1-15-4-2-3-9(11)10(14)12-7-5-8(13)6-7/h7-9,13H,2-6,11H2,1H3,(H,12,14). The van der Waals surface area contributed by atoms with E-state index in [0.29, 0.717) is 25.9 Å². The fourth-order valence-electron chi connectivity index (χ4n) is 1.59. The van der Waals surface area contributed by atoms with Crippen molar-refractivity contribution < 1.29 is 14.6 Å². The van der Waals surface area contributed by atoms with Crippen LogP contribution in [0.5, 0.6) is 0 Å². The lowest BCUT2D eigenvalue weighted by atomic mass is 9.89. The zero-order chi connectivity index (χ0) is 11.3. The number of carbonyl (C=O) groups is 1. The molecule has 15 heavy (non-hydrogen) atoms. The molecule has 1 rings (SSSR count). The Morgan fingerprint density at radius 2 is 2.33 bits per heavy atom. The van der Waals surface area contributed by atoms with Crippen molar-refractivity contribution >= 4 is 5.91 Å². The fourth-order valence-corrected chi connectivity index (χ4v) is 1.59. The van der Waals surface area contributed by atoms with E-state index < -0.39 is 6.04 Å². The number of ether oxygens (including phenoxy) is 1. The maximum atomic E-state index is 11.5. The van der Waals surface area contributed by atoms with Crippen LogP contribution in [0.4, 0.5) is 0 Å². The third kappa shape index (κ3) is 4.15. The van der Waals surface area contributed by atoms with E-state index in [-0.39, 0.29) is 18.1 Å². The van der Waals surface area contributed by atoms with Gasteiger partial charge in [-0.15, -0.1) is 0 Å². The van der Waals surface area contributed by atoms with E-state index in [1.807, 2.05) is 0 Å². The highest BCUT2D eigenvalue weighted by atomic mass is 16.5. The molecule has 0 aromatic carbocycles. The van der Waals surface area contributed by atoms with E-state index in [4.69, 9.17) is 15.6 Å². The summed E-state index contributed by atoms with van der Waals surface area (Å²) in [5, 5.41) is 11.9. The number of rotatable bonds is 6. The number of hydrogen-bond acceptors (Lipinski definition) is 4. The van der Waals surface area contributed by atoms with Gasteiger partial charge in [0.05, 0.1) is 12.1 Å². The van der Waals surface area contributed by atoms with E-state index in [1.54, 1.807) is 7.11 Å². The summed E-state index contributed by atoms with van der Waals surface area (Å²) >= 11 is 0. The van der Waals surface area contributed by atoms with Gasteiger partial charge in [0.25, 0.3) is 0 Å². The van der Waals surface area contributed by atoms with Crippen LogP contribution >= 0.6 is 0 Å². The lowest BCUT2D eigenvalue weighted by Crippen LogP contribution is -2.51. The van der Waals surface area contributed by atoms with E-state index >= 15 is 0 Å². The molecule has 88 valence electrons. The van der Waals surface area contributed by atoms with Gasteiger partial charge >= 0.3 is 0 Å². The van der Waals surface area contributed by atoms with Crippen LogP contribution in [-0.4, -0.2) is 42.9 Å². The van der Waals surface area contributed by atoms with Gasteiger partial charge in [0.2, 0.25) is 5.91 Å². The minimum absolute atomic E-state index is 0.112. The van der Waals surface area contributed by atoms with Crippen molar-refractivity contribution in [3.8, 4) is 0 Å². The number of aliphatic hydroxyl groups is 1. The van der Waals surface area contributed by atoms with Crippen LogP contribution in [0.1, 0.15) is 25.7 Å². The molecule has 1 saturated carbocycles. The molecule has 0 aromatic heterocycles. The Morgan fingerprint density at radius 1 is 1.67 bits per heavy atom. The second-order valence-electron chi connectivity index (χ2n) is 4.07. The predicted octanol–water partition coefficient (Wildman–Crippen LogP) is -0.620. The van der Waals surface area contributed by atoms with Crippen LogP contribution in [0.25, 0.3) is 0 Å². The highest BCUT2D eigenvalue weighted by Gasteiger charge is 2.29. The number of nitrogens with two attached hydrogens (primary N) is 1. The average Bonchev–Trinajstić information content (AvgIpc) is 2.15. The molecule has 0 saturated heterocycles. The van der Waals surface area contributed by atoms with Gasteiger partial charge in [0.15, 0.2) is 0 Å². The summed E-state index contributed by atoms with van der Waals surface area (Å²) in [6.45, 7) is 0.628. The van der Waals surface area contributed by atoms with E-state index in [0.717, 1.165) is 6.42 Å². The molecule has 1 aliphatic carbocycles. The van der Waals surface area contributed by atoms with Gasteiger partial charge in [0, 0.05) is 19.8 Å². The summed E-state index contributed by atoms with van der Waals surface area (Å²) < 4.78 is 4.88. The van der Waals surface area contributed by atoms with Gasteiger partial charge in [0.1, 0.15) is 0 Å². The number of carbonyl (C=O) groups excluding carboxylic acids is 1. The van der Waals surface area contributed by atoms with Crippen molar-refractivity contribution in [2.75, 3.05) is 13.7 Å². The first kappa shape index (κ1) is 12.4. The van der Waals surface area contributed by atoms with E-state index in [2.05, 4.69) is 5.32 Å². The van der Waals surface area contributed by atoms with Crippen LogP contribution in [-0.2, 0) is 9.53 Å². The molecular formula is C10H20N2O3. The third-order valence-corrected chi connectivity index (χ3v) is 2.66. The predicted molar refractivity (Wildman–Crippen MR) is 56.3 cm³/mol. The molecule has 0 radical (unpaired) electrons. The minimum atomic E-state index is -0.460. The largest absolute Gasteiger partial charge is 0.393 e. The second kappa shape index (κ2) is 6.05. The normalized spacial score (nSPS) is 26.9. The molecule has 4 N–H and O–H groups in total. The Balaban J connectivity index is 2.10. The van der Waals surface area contributed by atoms with Gasteiger partial charge in [-0.05, 0) is 25.7 Å². The first-order chi connectivity index (χ1) is 7.13. The Kier molecular flexibility index (Phi) is 5.01. The third-order valence-electron chi connectivity index (χ3n) is 2.66. The van der Waals surface area contributed by atoms with Crippen molar-refractivity contribution in [1.29, 1.82) is 0 Å². The summed E-state index contributed by atoms with van der Waals surface area (Å²) in [6.07, 6.45) is 2.47. The van der Waals surface area contributed by atoms with Crippen molar-refractivity contribution in [1.82, 2.24) is 5.32 Å². The molecule has 1 amide bonds. The Hall–Kier alpha value is -0.650. The Bertz CT molecular complexity index is 205. The molecule has 5 nitrogen and oxygen atoms in total. The fraction of sp³-hybridized carbons (Fsp3) is 0.900. The number of methoxy groups -OCH3 is 1. The molecule has 1 fully saturated rings. The van der Waals surface area contributed by atoms with Crippen molar-refractivity contribution in [2.24, 2.45) is 5.73 Å². The molecule has 0 aliphatic heterocycles. The second-order valence-corrected chi connectivity index (χ2v) is 4.07. The molecule has 0 heterocycles. The van der Waals surface area contributed by atoms with E-state index in [9.17, 15) is 4.79 Å².